The lowest BCUT2D eigenvalue weighted by Gasteiger charge is -2.36. The highest BCUT2D eigenvalue weighted by Gasteiger charge is 2.31. The number of nitrogens with one attached hydrogen (secondary N) is 1. The molecule has 1 fully saturated rings. The van der Waals surface area contributed by atoms with Crippen molar-refractivity contribution in [1.29, 1.82) is 5.26 Å². The molecule has 1 amide bonds. The highest BCUT2D eigenvalue weighted by atomic mass is 16.1. The Kier molecular flexibility index (Phi) is 7.62. The van der Waals surface area contributed by atoms with E-state index < -0.39 is 5.92 Å². The van der Waals surface area contributed by atoms with E-state index in [0.717, 1.165) is 44.3 Å². The van der Waals surface area contributed by atoms with Crippen molar-refractivity contribution in [2.75, 3.05) is 24.5 Å². The summed E-state index contributed by atoms with van der Waals surface area (Å²) < 4.78 is 0. The number of anilines is 1. The first-order valence-electron chi connectivity index (χ1n) is 11.2. The first-order valence-corrected chi connectivity index (χ1v) is 11.2. The molecule has 1 N–H and O–H groups in total. The molecule has 2 heterocycles. The van der Waals surface area contributed by atoms with E-state index in [2.05, 4.69) is 37.1 Å². The number of unbranched alkanes of at least 4 members (excludes halogenated alkanes) is 3. The number of fused-ring (bicyclic) bond motifs is 1. The van der Waals surface area contributed by atoms with Gasteiger partial charge in [0.25, 0.3) is 0 Å². The molecule has 0 spiro atoms. The summed E-state index contributed by atoms with van der Waals surface area (Å²) in [6, 6.07) is 9.85. The monoisotopic (exact) mass is 407 g/mol. The number of nitriles is 1. The Bertz CT molecular complexity index is 896. The summed E-state index contributed by atoms with van der Waals surface area (Å²) in [6.07, 6.45) is 5.49. The van der Waals surface area contributed by atoms with Crippen LogP contribution in [0.2, 0.25) is 0 Å². The van der Waals surface area contributed by atoms with Crippen LogP contribution in [0.1, 0.15) is 64.5 Å². The lowest BCUT2D eigenvalue weighted by Crippen LogP contribution is -2.40. The van der Waals surface area contributed by atoms with Gasteiger partial charge in [-0.25, -0.2) is 9.97 Å². The zero-order valence-corrected chi connectivity index (χ0v) is 18.4. The Labute approximate surface area is 179 Å². The molecule has 0 unspecified atom stereocenters. The highest BCUT2D eigenvalue weighted by Crippen LogP contribution is 2.31. The van der Waals surface area contributed by atoms with Gasteiger partial charge in [-0.3, -0.25) is 4.79 Å². The highest BCUT2D eigenvalue weighted by molar-refractivity contribution is 5.88. The van der Waals surface area contributed by atoms with Crippen LogP contribution < -0.4 is 10.2 Å². The van der Waals surface area contributed by atoms with Gasteiger partial charge in [-0.05, 0) is 36.8 Å². The molecule has 6 nitrogen and oxygen atoms in total. The summed E-state index contributed by atoms with van der Waals surface area (Å²) >= 11 is 0. The van der Waals surface area contributed by atoms with Crippen molar-refractivity contribution in [1.82, 2.24) is 15.3 Å². The first kappa shape index (κ1) is 22.0. The van der Waals surface area contributed by atoms with Gasteiger partial charge in [-0.1, -0.05) is 52.2 Å². The maximum Gasteiger partial charge on any atom is 0.243 e. The fourth-order valence-corrected chi connectivity index (χ4v) is 4.38. The van der Waals surface area contributed by atoms with Gasteiger partial charge in [-0.15, -0.1) is 0 Å². The number of hydrogen-bond donors (Lipinski definition) is 1. The quantitative estimate of drug-likeness (QED) is 0.655. The van der Waals surface area contributed by atoms with Crippen molar-refractivity contribution in [3.8, 4) is 6.07 Å². The lowest BCUT2D eigenvalue weighted by molar-refractivity contribution is -0.121. The molecule has 160 valence electrons. The van der Waals surface area contributed by atoms with Gasteiger partial charge in [-0.2, -0.15) is 5.26 Å². The number of rotatable bonds is 8. The van der Waals surface area contributed by atoms with Gasteiger partial charge >= 0.3 is 0 Å². The Hall–Kier alpha value is -2.68. The van der Waals surface area contributed by atoms with Crippen molar-refractivity contribution in [3.05, 3.63) is 30.0 Å². The molecule has 0 radical (unpaired) electrons. The van der Waals surface area contributed by atoms with Crippen molar-refractivity contribution < 1.29 is 4.79 Å². The number of amides is 1. The fraction of sp³-hybridized carbons (Fsp3) is 0.583. The molecule has 1 aliphatic heterocycles. The van der Waals surface area contributed by atoms with E-state index >= 15 is 0 Å². The molecular formula is C24H33N5O. The van der Waals surface area contributed by atoms with E-state index in [-0.39, 0.29) is 5.91 Å². The SMILES string of the molecule is CCCCCCNC(=O)[C@H](C#N)c1nc2ccccc2nc1N1C[C@H](C)C[C@@H](C)C1. The smallest absolute Gasteiger partial charge is 0.243 e. The van der Waals surface area contributed by atoms with Crippen LogP contribution in [0.5, 0.6) is 0 Å². The second kappa shape index (κ2) is 10.4. The standard InChI is InChI=1S/C24H33N5O/c1-4-5-6-9-12-26-24(30)19(14-25)22-23(29-15-17(2)13-18(3)16-29)28-21-11-8-7-10-20(21)27-22/h7-8,10-11,17-19H,4-6,9,12-13,15-16H2,1-3H3,(H,26,30)/t17-,18-,19-/m1/s1. The molecule has 2 aromatic rings. The average molecular weight is 408 g/mol. The molecule has 3 atom stereocenters. The molecule has 1 aliphatic rings. The van der Waals surface area contributed by atoms with Crippen molar-refractivity contribution in [2.45, 2.75) is 58.8 Å². The maximum atomic E-state index is 12.9. The topological polar surface area (TPSA) is 81.9 Å². The van der Waals surface area contributed by atoms with Crippen LogP contribution in [-0.2, 0) is 4.79 Å². The van der Waals surface area contributed by atoms with E-state index in [0.29, 0.717) is 35.4 Å². The molecular weight excluding hydrogens is 374 g/mol. The Morgan fingerprint density at radius 3 is 2.47 bits per heavy atom. The third-order valence-electron chi connectivity index (χ3n) is 5.74. The van der Waals surface area contributed by atoms with Gasteiger partial charge in [0.1, 0.15) is 5.69 Å². The van der Waals surface area contributed by atoms with E-state index in [4.69, 9.17) is 9.97 Å². The predicted octanol–water partition coefficient (Wildman–Crippen LogP) is 4.42. The van der Waals surface area contributed by atoms with Gasteiger partial charge in [0.2, 0.25) is 5.91 Å². The molecule has 1 aromatic carbocycles. The molecule has 1 saturated heterocycles. The number of hydrogen-bond acceptors (Lipinski definition) is 5. The van der Waals surface area contributed by atoms with Crippen LogP contribution in [0.25, 0.3) is 11.0 Å². The van der Waals surface area contributed by atoms with E-state index in [1.807, 2.05) is 24.3 Å². The largest absolute Gasteiger partial charge is 0.355 e. The third-order valence-corrected chi connectivity index (χ3v) is 5.74. The minimum absolute atomic E-state index is 0.280. The Balaban J connectivity index is 1.91. The number of piperidine rings is 1. The van der Waals surface area contributed by atoms with Crippen LogP contribution in [-0.4, -0.2) is 35.5 Å². The minimum Gasteiger partial charge on any atom is -0.355 e. The van der Waals surface area contributed by atoms with Crippen LogP contribution in [0, 0.1) is 23.2 Å². The molecule has 0 bridgehead atoms. The number of aromatic nitrogens is 2. The minimum atomic E-state index is -0.962. The lowest BCUT2D eigenvalue weighted by atomic mass is 9.91. The zero-order chi connectivity index (χ0) is 21.5. The second-order valence-corrected chi connectivity index (χ2v) is 8.69. The average Bonchev–Trinajstić information content (AvgIpc) is 2.73. The predicted molar refractivity (Wildman–Crippen MR) is 120 cm³/mol. The number of benzene rings is 1. The summed E-state index contributed by atoms with van der Waals surface area (Å²) in [5.41, 5.74) is 1.98. The molecule has 3 rings (SSSR count). The number of para-hydroxylation sites is 2. The van der Waals surface area contributed by atoms with E-state index in [1.165, 1.54) is 6.42 Å². The van der Waals surface area contributed by atoms with E-state index in [9.17, 15) is 10.1 Å². The maximum absolute atomic E-state index is 12.9. The number of nitrogens with zero attached hydrogens (tertiary/aromatic N) is 4. The van der Waals surface area contributed by atoms with Crippen LogP contribution in [0.15, 0.2) is 24.3 Å². The Morgan fingerprint density at radius 2 is 1.83 bits per heavy atom. The third kappa shape index (κ3) is 5.27. The van der Waals surface area contributed by atoms with Gasteiger partial charge in [0.15, 0.2) is 11.7 Å². The number of carbonyl (C=O) groups is 1. The summed E-state index contributed by atoms with van der Waals surface area (Å²) in [4.78, 5) is 24.7. The normalized spacial score (nSPS) is 20.0. The summed E-state index contributed by atoms with van der Waals surface area (Å²) in [5, 5.41) is 12.8. The van der Waals surface area contributed by atoms with Crippen molar-refractivity contribution in [2.24, 2.45) is 11.8 Å². The molecule has 0 aliphatic carbocycles. The molecule has 6 heteroatoms. The fourth-order valence-electron chi connectivity index (χ4n) is 4.38. The van der Waals surface area contributed by atoms with E-state index in [1.54, 1.807) is 0 Å². The molecule has 0 saturated carbocycles. The van der Waals surface area contributed by atoms with Gasteiger partial charge in [0, 0.05) is 19.6 Å². The summed E-state index contributed by atoms with van der Waals surface area (Å²) in [5.74, 6) is 0.499. The van der Waals surface area contributed by atoms with Crippen LogP contribution in [0.4, 0.5) is 5.82 Å². The summed E-state index contributed by atoms with van der Waals surface area (Å²) in [6.45, 7) is 8.95. The van der Waals surface area contributed by atoms with Gasteiger partial charge < -0.3 is 10.2 Å². The van der Waals surface area contributed by atoms with Crippen molar-refractivity contribution >= 4 is 22.8 Å². The molecule has 30 heavy (non-hydrogen) atoms. The first-order chi connectivity index (χ1) is 14.5. The van der Waals surface area contributed by atoms with Crippen LogP contribution >= 0.6 is 0 Å². The zero-order valence-electron chi connectivity index (χ0n) is 18.4. The van der Waals surface area contributed by atoms with Crippen molar-refractivity contribution in [3.63, 3.8) is 0 Å². The van der Waals surface area contributed by atoms with Gasteiger partial charge in [0.05, 0.1) is 17.1 Å². The van der Waals surface area contributed by atoms with Crippen LogP contribution in [0.3, 0.4) is 0 Å². The second-order valence-electron chi connectivity index (χ2n) is 8.69. The molecule has 1 aromatic heterocycles. The number of carbonyl (C=O) groups excluding carboxylic acids is 1. The summed E-state index contributed by atoms with van der Waals surface area (Å²) in [7, 11) is 0. The Morgan fingerprint density at radius 1 is 1.17 bits per heavy atom.